The van der Waals surface area contributed by atoms with Crippen LogP contribution >= 0.6 is 0 Å². The Labute approximate surface area is 194 Å². The molecule has 7 heteroatoms. The molecule has 0 amide bonds. The molecule has 1 N–H and O–H groups in total. The number of nitrogens with zero attached hydrogens (tertiary/aromatic N) is 4. The normalized spacial score (nSPS) is 23.1. The molecule has 0 unspecified atom stereocenters. The van der Waals surface area contributed by atoms with Gasteiger partial charge in [0.1, 0.15) is 0 Å². The van der Waals surface area contributed by atoms with Gasteiger partial charge in [0.25, 0.3) is 5.56 Å². The number of likely N-dealkylation sites (tertiary alicyclic amines) is 1. The molecule has 0 radical (unpaired) electrons. The molecule has 176 valence electrons. The van der Waals surface area contributed by atoms with E-state index in [1.54, 1.807) is 10.7 Å². The standard InChI is InChI=1S/C26H35N5O2/c1-19-14-21(8-11-29(19)18-20-6-4-2-3-5-7-20)15-22-9-13-31-23(16-22)24(17-27-31)30-12-10-25(32)28-26(30)33/h9-10,12-13,16-17,19-21H,2-8,11,14-15,18H2,1H3,(H,28,32,33)/t19-,21+/m0/s1. The summed E-state index contributed by atoms with van der Waals surface area (Å²) in [6.45, 7) is 4.89. The third-order valence-corrected chi connectivity index (χ3v) is 7.76. The van der Waals surface area contributed by atoms with Crippen LogP contribution in [0, 0.1) is 11.8 Å². The van der Waals surface area contributed by atoms with Crippen LogP contribution in [-0.4, -0.2) is 43.2 Å². The van der Waals surface area contributed by atoms with Gasteiger partial charge in [-0.15, -0.1) is 0 Å². The number of hydrogen-bond donors (Lipinski definition) is 1. The number of nitrogens with one attached hydrogen (secondary N) is 1. The van der Waals surface area contributed by atoms with Gasteiger partial charge in [0.05, 0.1) is 17.4 Å². The van der Waals surface area contributed by atoms with Crippen molar-refractivity contribution in [1.82, 2.24) is 24.1 Å². The molecule has 0 aromatic carbocycles. The Bertz CT molecular complexity index is 1200. The van der Waals surface area contributed by atoms with E-state index in [1.165, 1.54) is 86.8 Å². The summed E-state index contributed by atoms with van der Waals surface area (Å²) in [6.07, 6.45) is 17.2. The first kappa shape index (κ1) is 22.1. The van der Waals surface area contributed by atoms with Gasteiger partial charge in [0, 0.05) is 31.0 Å². The minimum Gasteiger partial charge on any atom is -0.300 e. The Morgan fingerprint density at radius 1 is 1.03 bits per heavy atom. The highest BCUT2D eigenvalue weighted by molar-refractivity contribution is 5.64. The summed E-state index contributed by atoms with van der Waals surface area (Å²) >= 11 is 0. The summed E-state index contributed by atoms with van der Waals surface area (Å²) in [4.78, 5) is 28.8. The molecule has 2 fully saturated rings. The molecule has 7 nitrogen and oxygen atoms in total. The largest absolute Gasteiger partial charge is 0.333 e. The Morgan fingerprint density at radius 2 is 1.85 bits per heavy atom. The quantitative estimate of drug-likeness (QED) is 0.602. The Kier molecular flexibility index (Phi) is 6.49. The summed E-state index contributed by atoms with van der Waals surface area (Å²) in [5.41, 5.74) is 1.99. The molecule has 4 heterocycles. The summed E-state index contributed by atoms with van der Waals surface area (Å²) in [6, 6.07) is 6.28. The van der Waals surface area contributed by atoms with Gasteiger partial charge in [-0.25, -0.2) is 9.31 Å². The third-order valence-electron chi connectivity index (χ3n) is 7.76. The van der Waals surface area contributed by atoms with Crippen LogP contribution < -0.4 is 11.2 Å². The number of pyridine rings is 1. The first-order valence-corrected chi connectivity index (χ1v) is 12.6. The predicted octanol–water partition coefficient (Wildman–Crippen LogP) is 3.79. The summed E-state index contributed by atoms with van der Waals surface area (Å²) in [5.74, 6) is 1.57. The SMILES string of the molecule is C[C@H]1C[C@H](Cc2ccn3ncc(-n4ccc(=O)[nH]c4=O)c3c2)CCN1CC1CCCCCC1. The fourth-order valence-electron chi connectivity index (χ4n) is 5.92. The highest BCUT2D eigenvalue weighted by Crippen LogP contribution is 2.30. The lowest BCUT2D eigenvalue weighted by Crippen LogP contribution is -2.43. The molecule has 1 aliphatic carbocycles. The molecule has 33 heavy (non-hydrogen) atoms. The fraction of sp³-hybridized carbons (Fsp3) is 0.577. The zero-order chi connectivity index (χ0) is 22.8. The zero-order valence-corrected chi connectivity index (χ0v) is 19.6. The number of H-pyrrole nitrogens is 1. The van der Waals surface area contributed by atoms with Crippen LogP contribution in [0.25, 0.3) is 11.2 Å². The van der Waals surface area contributed by atoms with Gasteiger partial charge in [0.2, 0.25) is 0 Å². The highest BCUT2D eigenvalue weighted by atomic mass is 16.2. The number of aromatic amines is 1. The molecule has 1 aliphatic heterocycles. The molecule has 1 saturated carbocycles. The van der Waals surface area contributed by atoms with Crippen LogP contribution in [0.2, 0.25) is 0 Å². The van der Waals surface area contributed by atoms with Gasteiger partial charge in [-0.2, -0.15) is 5.10 Å². The van der Waals surface area contributed by atoms with E-state index in [9.17, 15) is 9.59 Å². The van der Waals surface area contributed by atoms with Gasteiger partial charge in [0.15, 0.2) is 0 Å². The van der Waals surface area contributed by atoms with Crippen LogP contribution in [-0.2, 0) is 6.42 Å². The van der Waals surface area contributed by atoms with Crippen molar-refractivity contribution in [1.29, 1.82) is 0 Å². The molecule has 2 aliphatic rings. The first-order chi connectivity index (χ1) is 16.1. The highest BCUT2D eigenvalue weighted by Gasteiger charge is 2.27. The van der Waals surface area contributed by atoms with Crippen molar-refractivity contribution in [3.63, 3.8) is 0 Å². The lowest BCUT2D eigenvalue weighted by Gasteiger charge is -2.39. The summed E-state index contributed by atoms with van der Waals surface area (Å²) in [7, 11) is 0. The van der Waals surface area contributed by atoms with Gasteiger partial charge >= 0.3 is 5.69 Å². The van der Waals surface area contributed by atoms with Crippen molar-refractivity contribution in [3.8, 4) is 5.69 Å². The van der Waals surface area contributed by atoms with Crippen LogP contribution in [0.15, 0.2) is 46.4 Å². The van der Waals surface area contributed by atoms with Crippen molar-refractivity contribution in [2.75, 3.05) is 13.1 Å². The second kappa shape index (κ2) is 9.67. The molecule has 1 saturated heterocycles. The Hall–Kier alpha value is -2.67. The number of hydrogen-bond acceptors (Lipinski definition) is 4. The molecular weight excluding hydrogens is 414 g/mol. The lowest BCUT2D eigenvalue weighted by molar-refractivity contribution is 0.100. The number of aromatic nitrogens is 4. The molecule has 3 aromatic heterocycles. The third kappa shape index (κ3) is 4.98. The van der Waals surface area contributed by atoms with Gasteiger partial charge in [-0.05, 0) is 75.1 Å². The number of piperidine rings is 1. The average molecular weight is 450 g/mol. The van der Waals surface area contributed by atoms with Gasteiger partial charge in [-0.3, -0.25) is 14.3 Å². The maximum atomic E-state index is 12.3. The lowest BCUT2D eigenvalue weighted by atomic mass is 9.85. The molecule has 0 bridgehead atoms. The molecule has 0 spiro atoms. The van der Waals surface area contributed by atoms with E-state index < -0.39 is 11.2 Å². The molecule has 5 rings (SSSR count). The van der Waals surface area contributed by atoms with E-state index in [1.807, 2.05) is 6.20 Å². The smallest absolute Gasteiger partial charge is 0.300 e. The molecular formula is C26H35N5O2. The second-order valence-electron chi connectivity index (χ2n) is 10.2. The van der Waals surface area contributed by atoms with Gasteiger partial charge in [-0.1, -0.05) is 25.7 Å². The Balaban J connectivity index is 1.27. The second-order valence-corrected chi connectivity index (χ2v) is 10.2. The van der Waals surface area contributed by atoms with Crippen molar-refractivity contribution in [2.45, 2.75) is 70.8 Å². The average Bonchev–Trinajstić information content (AvgIpc) is 3.02. The predicted molar refractivity (Wildman–Crippen MR) is 130 cm³/mol. The summed E-state index contributed by atoms with van der Waals surface area (Å²) in [5, 5.41) is 4.39. The van der Waals surface area contributed by atoms with E-state index in [0.29, 0.717) is 17.6 Å². The minimum absolute atomic E-state index is 0.395. The molecule has 3 aromatic rings. The first-order valence-electron chi connectivity index (χ1n) is 12.6. The van der Waals surface area contributed by atoms with Crippen LogP contribution in [0.1, 0.15) is 63.9 Å². The van der Waals surface area contributed by atoms with Crippen molar-refractivity contribution >= 4 is 5.52 Å². The Morgan fingerprint density at radius 3 is 2.61 bits per heavy atom. The minimum atomic E-state index is -0.447. The van der Waals surface area contributed by atoms with E-state index in [0.717, 1.165) is 17.9 Å². The zero-order valence-electron chi connectivity index (χ0n) is 19.6. The molecule has 2 atom stereocenters. The number of fused-ring (bicyclic) bond motifs is 1. The maximum Gasteiger partial charge on any atom is 0.333 e. The van der Waals surface area contributed by atoms with Crippen molar-refractivity contribution < 1.29 is 0 Å². The van der Waals surface area contributed by atoms with Crippen molar-refractivity contribution in [2.24, 2.45) is 11.8 Å². The number of rotatable bonds is 5. The summed E-state index contributed by atoms with van der Waals surface area (Å²) < 4.78 is 3.23. The maximum absolute atomic E-state index is 12.3. The van der Waals surface area contributed by atoms with Gasteiger partial charge < -0.3 is 4.90 Å². The van der Waals surface area contributed by atoms with E-state index in [4.69, 9.17) is 0 Å². The van der Waals surface area contributed by atoms with E-state index in [-0.39, 0.29) is 0 Å². The van der Waals surface area contributed by atoms with Crippen LogP contribution in [0.4, 0.5) is 0 Å². The topological polar surface area (TPSA) is 75.4 Å². The van der Waals surface area contributed by atoms with E-state index in [2.05, 4.69) is 34.0 Å². The van der Waals surface area contributed by atoms with Crippen LogP contribution in [0.3, 0.4) is 0 Å². The van der Waals surface area contributed by atoms with E-state index >= 15 is 0 Å². The monoisotopic (exact) mass is 449 g/mol. The van der Waals surface area contributed by atoms with Crippen LogP contribution in [0.5, 0.6) is 0 Å². The fourth-order valence-corrected chi connectivity index (χ4v) is 5.92. The van der Waals surface area contributed by atoms with Crippen molar-refractivity contribution in [3.05, 3.63) is 63.2 Å².